The van der Waals surface area contributed by atoms with Crippen molar-refractivity contribution in [3.05, 3.63) is 48.2 Å². The van der Waals surface area contributed by atoms with Gasteiger partial charge < -0.3 is 4.74 Å². The number of carbonyl (C=O) groups excluding carboxylic acids is 2. The van der Waals surface area contributed by atoms with Crippen molar-refractivity contribution in [2.24, 2.45) is 4.99 Å². The third-order valence-electron chi connectivity index (χ3n) is 2.37. The van der Waals surface area contributed by atoms with Crippen LogP contribution in [0, 0.1) is 0 Å². The lowest BCUT2D eigenvalue weighted by atomic mass is 10.1. The van der Waals surface area contributed by atoms with Crippen molar-refractivity contribution >= 4 is 17.8 Å². The van der Waals surface area contributed by atoms with Crippen molar-refractivity contribution in [3.63, 3.8) is 0 Å². The number of nitrogens with zero attached hydrogens (tertiary/aromatic N) is 1. The Labute approximate surface area is 98.6 Å². The van der Waals surface area contributed by atoms with E-state index < -0.39 is 6.10 Å². The lowest BCUT2D eigenvalue weighted by Gasteiger charge is -2.16. The molecule has 0 N–H and O–H groups in total. The van der Waals surface area contributed by atoms with E-state index >= 15 is 0 Å². The second-order valence-electron chi connectivity index (χ2n) is 3.57. The average Bonchev–Trinajstić information content (AvgIpc) is 2.38. The largest absolute Gasteiger partial charge is 0.359 e. The number of hydrogen-bond donors (Lipinski definition) is 0. The van der Waals surface area contributed by atoms with Crippen LogP contribution in [0.15, 0.2) is 47.6 Å². The molecule has 1 unspecified atom stereocenters. The molecule has 1 atom stereocenters. The first-order valence-corrected chi connectivity index (χ1v) is 5.20. The number of ether oxygens (including phenoxy) is 1. The lowest BCUT2D eigenvalue weighted by Crippen LogP contribution is -2.34. The molecule has 86 valence electrons. The fraction of sp³-hybridized carbons (Fsp3) is 0.154. The van der Waals surface area contributed by atoms with Gasteiger partial charge in [-0.2, -0.15) is 0 Å². The van der Waals surface area contributed by atoms with Crippen molar-refractivity contribution < 1.29 is 14.3 Å². The standard InChI is InChI=1S/C13H11NO3/c15-8-11-13(12(16)6-7-14-11)17-9-10-4-2-1-3-5-10/h1-8,13H,9H2. The molecule has 0 aromatic heterocycles. The lowest BCUT2D eigenvalue weighted by molar-refractivity contribution is -0.123. The first-order valence-electron chi connectivity index (χ1n) is 5.20. The predicted molar refractivity (Wildman–Crippen MR) is 62.7 cm³/mol. The third kappa shape index (κ3) is 2.73. The van der Waals surface area contributed by atoms with Gasteiger partial charge in [-0.3, -0.25) is 14.6 Å². The Hall–Kier alpha value is -2.07. The van der Waals surface area contributed by atoms with E-state index in [1.165, 1.54) is 12.3 Å². The molecule has 0 saturated heterocycles. The molecular formula is C13H11NO3. The van der Waals surface area contributed by atoms with Crippen LogP contribution in [0.3, 0.4) is 0 Å². The molecule has 1 heterocycles. The van der Waals surface area contributed by atoms with Crippen molar-refractivity contribution in [1.29, 1.82) is 0 Å². The summed E-state index contributed by atoms with van der Waals surface area (Å²) in [6.45, 7) is 0.276. The minimum atomic E-state index is -0.877. The average molecular weight is 229 g/mol. The van der Waals surface area contributed by atoms with Crippen molar-refractivity contribution in [2.75, 3.05) is 0 Å². The summed E-state index contributed by atoms with van der Waals surface area (Å²) in [6, 6.07) is 9.45. The summed E-state index contributed by atoms with van der Waals surface area (Å²) in [4.78, 5) is 26.1. The SMILES string of the molecule is O=CC1=NC=CC(=O)C1OCc1ccccc1. The van der Waals surface area contributed by atoms with Gasteiger partial charge in [0, 0.05) is 12.3 Å². The van der Waals surface area contributed by atoms with Gasteiger partial charge in [0.05, 0.1) is 6.61 Å². The van der Waals surface area contributed by atoms with Gasteiger partial charge in [0.2, 0.25) is 0 Å². The summed E-state index contributed by atoms with van der Waals surface area (Å²) in [5.41, 5.74) is 1.06. The van der Waals surface area contributed by atoms with Crippen LogP contribution < -0.4 is 0 Å². The first-order chi connectivity index (χ1) is 8.31. The minimum absolute atomic E-state index is 0.119. The van der Waals surface area contributed by atoms with Crippen LogP contribution in [-0.4, -0.2) is 23.9 Å². The smallest absolute Gasteiger partial charge is 0.192 e. The van der Waals surface area contributed by atoms with Crippen LogP contribution in [0.25, 0.3) is 0 Å². The van der Waals surface area contributed by atoms with E-state index in [-0.39, 0.29) is 18.1 Å². The number of rotatable bonds is 4. The summed E-state index contributed by atoms with van der Waals surface area (Å²) >= 11 is 0. The van der Waals surface area contributed by atoms with Crippen LogP contribution in [0.4, 0.5) is 0 Å². The molecule has 0 amide bonds. The maximum atomic E-state index is 11.5. The van der Waals surface area contributed by atoms with Crippen LogP contribution in [0.2, 0.25) is 0 Å². The Morgan fingerprint density at radius 2 is 2.06 bits per heavy atom. The van der Waals surface area contributed by atoms with Gasteiger partial charge in [-0.1, -0.05) is 30.3 Å². The fourth-order valence-electron chi connectivity index (χ4n) is 1.51. The highest BCUT2D eigenvalue weighted by molar-refractivity contribution is 6.37. The Bertz CT molecular complexity index is 477. The Kier molecular flexibility index (Phi) is 3.57. The van der Waals surface area contributed by atoms with E-state index in [9.17, 15) is 9.59 Å². The van der Waals surface area contributed by atoms with Crippen LogP contribution in [0.5, 0.6) is 0 Å². The highest BCUT2D eigenvalue weighted by Gasteiger charge is 2.25. The van der Waals surface area contributed by atoms with E-state index in [4.69, 9.17) is 4.74 Å². The van der Waals surface area contributed by atoms with Gasteiger partial charge in [-0.15, -0.1) is 0 Å². The van der Waals surface area contributed by atoms with E-state index in [2.05, 4.69) is 4.99 Å². The molecule has 0 aliphatic carbocycles. The maximum absolute atomic E-state index is 11.5. The third-order valence-corrected chi connectivity index (χ3v) is 2.37. The summed E-state index contributed by atoms with van der Waals surface area (Å²) in [5.74, 6) is -0.252. The molecule has 0 spiro atoms. The number of aldehydes is 1. The van der Waals surface area contributed by atoms with Crippen LogP contribution in [-0.2, 0) is 20.9 Å². The molecule has 0 bridgehead atoms. The summed E-state index contributed by atoms with van der Waals surface area (Å²) in [5, 5.41) is 0. The fourth-order valence-corrected chi connectivity index (χ4v) is 1.51. The number of hydrogen-bond acceptors (Lipinski definition) is 4. The zero-order chi connectivity index (χ0) is 12.1. The normalized spacial score (nSPS) is 18.9. The minimum Gasteiger partial charge on any atom is -0.359 e. The van der Waals surface area contributed by atoms with Crippen molar-refractivity contribution in [1.82, 2.24) is 0 Å². The number of carbonyl (C=O) groups is 2. The highest BCUT2D eigenvalue weighted by atomic mass is 16.5. The van der Waals surface area contributed by atoms with Gasteiger partial charge in [-0.05, 0) is 5.56 Å². The molecule has 4 nitrogen and oxygen atoms in total. The second-order valence-corrected chi connectivity index (χ2v) is 3.57. The van der Waals surface area contributed by atoms with E-state index in [0.717, 1.165) is 5.56 Å². The molecular weight excluding hydrogens is 218 g/mol. The zero-order valence-corrected chi connectivity index (χ0v) is 9.08. The van der Waals surface area contributed by atoms with Crippen LogP contribution in [0.1, 0.15) is 5.56 Å². The van der Waals surface area contributed by atoms with Gasteiger partial charge >= 0.3 is 0 Å². The zero-order valence-electron chi connectivity index (χ0n) is 9.08. The second kappa shape index (κ2) is 5.32. The Morgan fingerprint density at radius 1 is 1.29 bits per heavy atom. The van der Waals surface area contributed by atoms with E-state index in [1.54, 1.807) is 0 Å². The Balaban J connectivity index is 2.03. The molecule has 1 aliphatic heterocycles. The Morgan fingerprint density at radius 3 is 2.76 bits per heavy atom. The molecule has 1 aromatic rings. The van der Waals surface area contributed by atoms with Crippen LogP contribution >= 0.6 is 0 Å². The topological polar surface area (TPSA) is 55.7 Å². The molecule has 1 aliphatic rings. The monoisotopic (exact) mass is 229 g/mol. The number of benzene rings is 1. The molecule has 17 heavy (non-hydrogen) atoms. The van der Waals surface area contributed by atoms with E-state index in [0.29, 0.717) is 6.29 Å². The maximum Gasteiger partial charge on any atom is 0.192 e. The van der Waals surface area contributed by atoms with Gasteiger partial charge in [0.25, 0.3) is 0 Å². The molecule has 1 aromatic carbocycles. The van der Waals surface area contributed by atoms with Gasteiger partial charge in [0.1, 0.15) is 5.71 Å². The quantitative estimate of drug-likeness (QED) is 0.731. The van der Waals surface area contributed by atoms with E-state index in [1.807, 2.05) is 30.3 Å². The summed E-state index contributed by atoms with van der Waals surface area (Å²) in [7, 11) is 0. The predicted octanol–water partition coefficient (Wildman–Crippen LogP) is 1.31. The molecule has 0 saturated carbocycles. The molecule has 2 rings (SSSR count). The summed E-state index contributed by atoms with van der Waals surface area (Å²) in [6.07, 6.45) is 2.30. The number of ketones is 1. The highest BCUT2D eigenvalue weighted by Crippen LogP contribution is 2.08. The molecule has 4 heteroatoms. The number of aliphatic imine (C=N–C) groups is 1. The first kappa shape index (κ1) is 11.4. The van der Waals surface area contributed by atoms with Gasteiger partial charge in [-0.25, -0.2) is 0 Å². The molecule has 0 fully saturated rings. The van der Waals surface area contributed by atoms with Gasteiger partial charge in [0.15, 0.2) is 18.2 Å². The van der Waals surface area contributed by atoms with Crippen molar-refractivity contribution in [3.8, 4) is 0 Å². The van der Waals surface area contributed by atoms with Crippen molar-refractivity contribution in [2.45, 2.75) is 12.7 Å². The summed E-state index contributed by atoms with van der Waals surface area (Å²) < 4.78 is 5.42. The molecule has 0 radical (unpaired) electrons.